The molecule has 124 valence electrons. The number of nitrogens with two attached hydrogens (primary N) is 1. The Balaban J connectivity index is 2.10. The molecule has 21 heavy (non-hydrogen) atoms. The third-order valence-electron chi connectivity index (χ3n) is 5.79. The normalized spacial score (nSPS) is 37.0. The van der Waals surface area contributed by atoms with E-state index in [9.17, 15) is 8.42 Å². The molecule has 4 atom stereocenters. The van der Waals surface area contributed by atoms with Crippen LogP contribution in [0.4, 0.5) is 0 Å². The van der Waals surface area contributed by atoms with E-state index in [0.29, 0.717) is 41.3 Å². The molecule has 0 aromatic rings. The summed E-state index contributed by atoms with van der Waals surface area (Å²) in [6, 6.07) is 0.624. The van der Waals surface area contributed by atoms with E-state index < -0.39 is 9.84 Å². The standard InChI is InChI=1S/C16H32N2O2S/c1-16(2,3)13-6-5-12(10-17)15(9-13)18(4)14-7-8-21(19,20)11-14/h12-15H,5-11,17H2,1-4H3. The van der Waals surface area contributed by atoms with Crippen molar-refractivity contribution in [1.82, 2.24) is 4.90 Å². The maximum absolute atomic E-state index is 11.8. The number of hydrogen-bond donors (Lipinski definition) is 1. The highest BCUT2D eigenvalue weighted by Gasteiger charge is 2.41. The van der Waals surface area contributed by atoms with Crippen molar-refractivity contribution in [3.8, 4) is 0 Å². The minimum absolute atomic E-state index is 0.188. The molecule has 5 heteroatoms. The lowest BCUT2D eigenvalue weighted by atomic mass is 9.67. The fourth-order valence-electron chi connectivity index (χ4n) is 4.14. The van der Waals surface area contributed by atoms with Gasteiger partial charge in [0.15, 0.2) is 9.84 Å². The van der Waals surface area contributed by atoms with Crippen LogP contribution in [0.1, 0.15) is 46.5 Å². The van der Waals surface area contributed by atoms with E-state index in [1.54, 1.807) is 0 Å². The van der Waals surface area contributed by atoms with Crippen LogP contribution in [0.3, 0.4) is 0 Å². The Kier molecular flexibility index (Phi) is 5.06. The first kappa shape index (κ1) is 17.2. The van der Waals surface area contributed by atoms with Crippen LogP contribution in [0.5, 0.6) is 0 Å². The lowest BCUT2D eigenvalue weighted by Crippen LogP contribution is -2.51. The molecule has 1 saturated heterocycles. The van der Waals surface area contributed by atoms with Crippen molar-refractivity contribution in [2.45, 2.75) is 58.5 Å². The van der Waals surface area contributed by atoms with Crippen LogP contribution in [-0.2, 0) is 9.84 Å². The predicted molar refractivity (Wildman–Crippen MR) is 88.0 cm³/mol. The molecule has 0 amide bonds. The van der Waals surface area contributed by atoms with Crippen LogP contribution in [-0.4, -0.2) is 50.5 Å². The second-order valence-corrected chi connectivity index (χ2v) is 10.4. The first-order valence-electron chi connectivity index (χ1n) is 8.26. The van der Waals surface area contributed by atoms with Gasteiger partial charge in [0.1, 0.15) is 0 Å². The SMILES string of the molecule is CN(C1CCS(=O)(=O)C1)C1CC(C(C)(C)C)CCC1CN. The highest BCUT2D eigenvalue weighted by molar-refractivity contribution is 7.91. The highest BCUT2D eigenvalue weighted by Crippen LogP contribution is 2.42. The van der Waals surface area contributed by atoms with Gasteiger partial charge in [0, 0.05) is 12.1 Å². The largest absolute Gasteiger partial charge is 0.330 e. The zero-order valence-electron chi connectivity index (χ0n) is 14.0. The summed E-state index contributed by atoms with van der Waals surface area (Å²) in [6.45, 7) is 7.66. The smallest absolute Gasteiger partial charge is 0.151 e. The van der Waals surface area contributed by atoms with Crippen LogP contribution in [0, 0.1) is 17.3 Å². The van der Waals surface area contributed by atoms with E-state index in [0.717, 1.165) is 12.8 Å². The summed E-state index contributed by atoms with van der Waals surface area (Å²) in [6.07, 6.45) is 4.36. The highest BCUT2D eigenvalue weighted by atomic mass is 32.2. The quantitative estimate of drug-likeness (QED) is 0.864. The number of sulfone groups is 1. The van der Waals surface area contributed by atoms with Crippen molar-refractivity contribution in [3.05, 3.63) is 0 Å². The molecule has 2 aliphatic rings. The summed E-state index contributed by atoms with van der Waals surface area (Å²) in [5.41, 5.74) is 6.31. The molecule has 0 aromatic carbocycles. The molecule has 0 spiro atoms. The second kappa shape index (κ2) is 6.17. The lowest BCUT2D eigenvalue weighted by Gasteiger charge is -2.46. The van der Waals surface area contributed by atoms with Crippen molar-refractivity contribution in [2.24, 2.45) is 23.0 Å². The van der Waals surface area contributed by atoms with Gasteiger partial charge in [-0.2, -0.15) is 0 Å². The van der Waals surface area contributed by atoms with Crippen molar-refractivity contribution < 1.29 is 8.42 Å². The van der Waals surface area contributed by atoms with Crippen molar-refractivity contribution in [1.29, 1.82) is 0 Å². The maximum atomic E-state index is 11.8. The molecule has 1 saturated carbocycles. The van der Waals surface area contributed by atoms with Crippen LogP contribution in [0.25, 0.3) is 0 Å². The predicted octanol–water partition coefficient (Wildman–Crippen LogP) is 1.89. The van der Waals surface area contributed by atoms with Gasteiger partial charge in [-0.05, 0) is 56.5 Å². The van der Waals surface area contributed by atoms with Gasteiger partial charge < -0.3 is 5.73 Å². The van der Waals surface area contributed by atoms with E-state index in [1.807, 2.05) is 0 Å². The molecular formula is C16H32N2O2S. The minimum atomic E-state index is -2.82. The molecule has 0 bridgehead atoms. The maximum Gasteiger partial charge on any atom is 0.151 e. The van der Waals surface area contributed by atoms with Crippen molar-refractivity contribution >= 4 is 9.84 Å². The fraction of sp³-hybridized carbons (Fsp3) is 1.00. The third kappa shape index (κ3) is 3.99. The van der Waals surface area contributed by atoms with Gasteiger partial charge in [-0.15, -0.1) is 0 Å². The number of nitrogens with zero attached hydrogens (tertiary/aromatic N) is 1. The van der Waals surface area contributed by atoms with E-state index in [2.05, 4.69) is 32.7 Å². The molecule has 1 aliphatic heterocycles. The van der Waals surface area contributed by atoms with Gasteiger partial charge in [-0.25, -0.2) is 8.42 Å². The third-order valence-corrected chi connectivity index (χ3v) is 7.54. The van der Waals surface area contributed by atoms with Gasteiger partial charge in [-0.3, -0.25) is 4.90 Å². The van der Waals surface area contributed by atoms with E-state index in [4.69, 9.17) is 5.73 Å². The summed E-state index contributed by atoms with van der Waals surface area (Å²) in [4.78, 5) is 2.35. The molecule has 0 aromatic heterocycles. The second-order valence-electron chi connectivity index (χ2n) is 8.16. The molecule has 4 unspecified atom stereocenters. The molecule has 4 nitrogen and oxygen atoms in total. The Labute approximate surface area is 130 Å². The summed E-state index contributed by atoms with van der Waals surface area (Å²) in [5.74, 6) is 1.89. The van der Waals surface area contributed by atoms with Gasteiger partial charge >= 0.3 is 0 Å². The van der Waals surface area contributed by atoms with Gasteiger partial charge in [0.2, 0.25) is 0 Å². The molecule has 1 aliphatic carbocycles. The van der Waals surface area contributed by atoms with E-state index in [1.165, 1.54) is 12.8 Å². The monoisotopic (exact) mass is 316 g/mol. The Morgan fingerprint density at radius 3 is 2.33 bits per heavy atom. The first-order valence-corrected chi connectivity index (χ1v) is 10.1. The van der Waals surface area contributed by atoms with Crippen LogP contribution in [0.2, 0.25) is 0 Å². The Bertz CT molecular complexity index is 455. The first-order chi connectivity index (χ1) is 9.64. The van der Waals surface area contributed by atoms with E-state index >= 15 is 0 Å². The Morgan fingerprint density at radius 2 is 1.86 bits per heavy atom. The summed E-state index contributed by atoms with van der Waals surface area (Å²) < 4.78 is 23.5. The fourth-order valence-corrected chi connectivity index (χ4v) is 5.92. The molecule has 0 radical (unpaired) electrons. The Hall–Kier alpha value is -0.130. The van der Waals surface area contributed by atoms with Crippen LogP contribution >= 0.6 is 0 Å². The van der Waals surface area contributed by atoms with Gasteiger partial charge in [0.05, 0.1) is 11.5 Å². The van der Waals surface area contributed by atoms with Gasteiger partial charge in [0.25, 0.3) is 0 Å². The summed E-state index contributed by atoms with van der Waals surface area (Å²) in [5, 5.41) is 0. The average molecular weight is 317 g/mol. The van der Waals surface area contributed by atoms with E-state index in [-0.39, 0.29) is 6.04 Å². The van der Waals surface area contributed by atoms with Gasteiger partial charge in [-0.1, -0.05) is 20.8 Å². The van der Waals surface area contributed by atoms with Crippen molar-refractivity contribution in [2.75, 3.05) is 25.1 Å². The van der Waals surface area contributed by atoms with Crippen LogP contribution in [0.15, 0.2) is 0 Å². The molecular weight excluding hydrogens is 284 g/mol. The average Bonchev–Trinajstić information content (AvgIpc) is 2.76. The molecule has 1 heterocycles. The number of rotatable bonds is 3. The summed E-state index contributed by atoms with van der Waals surface area (Å²) >= 11 is 0. The Morgan fingerprint density at radius 1 is 1.19 bits per heavy atom. The zero-order chi connectivity index (χ0) is 15.8. The summed E-state index contributed by atoms with van der Waals surface area (Å²) in [7, 11) is -0.703. The number of hydrogen-bond acceptors (Lipinski definition) is 4. The molecule has 2 fully saturated rings. The lowest BCUT2D eigenvalue weighted by molar-refractivity contribution is 0.0421. The minimum Gasteiger partial charge on any atom is -0.330 e. The molecule has 2 N–H and O–H groups in total. The molecule has 2 rings (SSSR count). The zero-order valence-corrected chi connectivity index (χ0v) is 14.8. The van der Waals surface area contributed by atoms with Crippen molar-refractivity contribution in [3.63, 3.8) is 0 Å². The van der Waals surface area contributed by atoms with Crippen LogP contribution < -0.4 is 5.73 Å². The topological polar surface area (TPSA) is 63.4 Å².